The third-order valence-electron chi connectivity index (χ3n) is 12.7. The fourth-order valence-electron chi connectivity index (χ4n) is 9.03. The number of hydrogen-bond donors (Lipinski definition) is 4. The lowest BCUT2D eigenvalue weighted by atomic mass is 9.74. The first-order valence-corrected chi connectivity index (χ1v) is 20.0. The van der Waals surface area contributed by atoms with E-state index in [0.29, 0.717) is 6.42 Å². The summed E-state index contributed by atoms with van der Waals surface area (Å²) >= 11 is 0. The third-order valence-corrected chi connectivity index (χ3v) is 12.7. The van der Waals surface area contributed by atoms with E-state index in [4.69, 9.17) is 33.2 Å². The molecule has 4 N–H and O–H groups in total. The van der Waals surface area contributed by atoms with E-state index in [9.17, 15) is 30.0 Å². The van der Waals surface area contributed by atoms with Gasteiger partial charge < -0.3 is 58.5 Å². The Labute approximate surface area is 323 Å². The van der Waals surface area contributed by atoms with Gasteiger partial charge >= 0.3 is 5.97 Å². The molecule has 3 fully saturated rings. The molecule has 3 rings (SSSR count). The average molecular weight is 776 g/mol. The number of cyclic esters (lactones) is 1. The van der Waals surface area contributed by atoms with Crippen molar-refractivity contribution in [3.63, 3.8) is 0 Å². The zero-order valence-corrected chi connectivity index (χ0v) is 35.3. The maximum Gasteiger partial charge on any atom is 0.311 e. The lowest BCUT2D eigenvalue weighted by Crippen LogP contribution is -2.61. The Morgan fingerprint density at radius 2 is 1.46 bits per heavy atom. The molecule has 0 amide bonds. The van der Waals surface area contributed by atoms with Crippen molar-refractivity contribution in [1.82, 2.24) is 4.90 Å². The number of Topliss-reactive ketones (excluding diaryl/α,β-unsaturated/α-hetero) is 1. The van der Waals surface area contributed by atoms with E-state index in [1.165, 1.54) is 21.1 Å². The highest BCUT2D eigenvalue weighted by Crippen LogP contribution is 2.42. The first kappa shape index (κ1) is 47.1. The molecule has 3 aliphatic heterocycles. The van der Waals surface area contributed by atoms with E-state index in [1.54, 1.807) is 41.5 Å². The van der Waals surface area contributed by atoms with Gasteiger partial charge in [0.15, 0.2) is 12.6 Å². The summed E-state index contributed by atoms with van der Waals surface area (Å²) in [4.78, 5) is 30.4. The van der Waals surface area contributed by atoms with Crippen molar-refractivity contribution in [2.75, 3.05) is 27.8 Å². The van der Waals surface area contributed by atoms with Crippen LogP contribution in [0.15, 0.2) is 0 Å². The summed E-state index contributed by atoms with van der Waals surface area (Å²) in [6, 6.07) is -0.265. The zero-order valence-electron chi connectivity index (χ0n) is 35.3. The molecule has 18 atom stereocenters. The van der Waals surface area contributed by atoms with Crippen LogP contribution in [0.4, 0.5) is 0 Å². The summed E-state index contributed by atoms with van der Waals surface area (Å²) in [6.45, 7) is 20.0. The molecule has 0 bridgehead atoms. The minimum absolute atomic E-state index is 0.113. The Morgan fingerprint density at radius 1 is 0.852 bits per heavy atom. The van der Waals surface area contributed by atoms with E-state index in [1.807, 2.05) is 27.8 Å². The second kappa shape index (κ2) is 19.0. The Morgan fingerprint density at radius 3 is 2.02 bits per heavy atom. The van der Waals surface area contributed by atoms with E-state index < -0.39 is 102 Å². The summed E-state index contributed by atoms with van der Waals surface area (Å²) in [5.74, 6) is -4.47. The van der Waals surface area contributed by atoms with Crippen molar-refractivity contribution < 1.29 is 63.2 Å². The van der Waals surface area contributed by atoms with Gasteiger partial charge in [-0.2, -0.15) is 0 Å². The molecule has 0 aliphatic carbocycles. The minimum Gasteiger partial charge on any atom is -0.459 e. The normalized spacial score (nSPS) is 47.6. The molecule has 0 unspecified atom stereocenters. The van der Waals surface area contributed by atoms with Crippen LogP contribution in [0.25, 0.3) is 0 Å². The van der Waals surface area contributed by atoms with Crippen molar-refractivity contribution in [3.05, 3.63) is 0 Å². The lowest BCUT2D eigenvalue weighted by Gasteiger charge is -2.50. The summed E-state index contributed by atoms with van der Waals surface area (Å²) < 4.78 is 44.2. The number of aliphatic hydroxyl groups is 4. The first-order valence-electron chi connectivity index (χ1n) is 20.0. The standard InChI is InChI=1S/C40H73NO13/c1-15-17-41(12)27-18-22(4)50-37(31(27)43)54-35-24(6)32(53-29-20-38(9,48-13)34(45)26(8)51-29)25(7)36(46)52-28(16-2)40(11,47)33(44)23(5)30(42)21(3)19-39(35,10)49-14/h21-29,31-35,37,43-45,47H,15-20H2,1-14H3/t21-,22-,23+,24+,25-,26+,27+,28-,29+,31-,32+,33-,34+,35-,37+,38-,39-,40-/m1/s1. The van der Waals surface area contributed by atoms with Gasteiger partial charge in [0.2, 0.25) is 0 Å². The number of nitrogens with zero attached hydrogens (tertiary/aromatic N) is 1. The van der Waals surface area contributed by atoms with Crippen LogP contribution in [0.5, 0.6) is 0 Å². The summed E-state index contributed by atoms with van der Waals surface area (Å²) in [5, 5.41) is 45.9. The molecular weight excluding hydrogens is 702 g/mol. The highest BCUT2D eigenvalue weighted by atomic mass is 16.7. The number of aliphatic hydroxyl groups excluding tert-OH is 3. The number of methoxy groups -OCH3 is 2. The highest BCUT2D eigenvalue weighted by molar-refractivity contribution is 5.83. The topological polar surface area (TPSA) is 183 Å². The molecule has 3 heterocycles. The highest BCUT2D eigenvalue weighted by Gasteiger charge is 2.54. The van der Waals surface area contributed by atoms with Gasteiger partial charge in [0.25, 0.3) is 0 Å². The molecule has 0 radical (unpaired) electrons. The van der Waals surface area contributed by atoms with Crippen LogP contribution in [-0.2, 0) is 42.7 Å². The van der Waals surface area contributed by atoms with Gasteiger partial charge in [-0.3, -0.25) is 9.59 Å². The summed E-state index contributed by atoms with van der Waals surface area (Å²) in [7, 11) is 4.99. The van der Waals surface area contributed by atoms with Crippen LogP contribution in [0, 0.1) is 23.7 Å². The molecule has 0 saturated carbocycles. The summed E-state index contributed by atoms with van der Waals surface area (Å²) in [6.07, 6.45) is -7.81. The van der Waals surface area contributed by atoms with Crippen LogP contribution in [0.3, 0.4) is 0 Å². The van der Waals surface area contributed by atoms with Crippen molar-refractivity contribution in [2.45, 2.75) is 193 Å². The quantitative estimate of drug-likeness (QED) is 0.238. The molecule has 0 aromatic heterocycles. The van der Waals surface area contributed by atoms with Crippen molar-refractivity contribution >= 4 is 11.8 Å². The van der Waals surface area contributed by atoms with E-state index in [0.717, 1.165) is 13.0 Å². The van der Waals surface area contributed by atoms with E-state index in [2.05, 4.69) is 11.8 Å². The molecule has 3 aliphatic rings. The van der Waals surface area contributed by atoms with Crippen LogP contribution in [-0.4, -0.2) is 149 Å². The smallest absolute Gasteiger partial charge is 0.311 e. The van der Waals surface area contributed by atoms with Crippen molar-refractivity contribution in [3.8, 4) is 0 Å². The van der Waals surface area contributed by atoms with Gasteiger partial charge in [-0.25, -0.2) is 0 Å². The maximum absolute atomic E-state index is 14.2. The average Bonchev–Trinajstić information content (AvgIpc) is 3.12. The number of ether oxygens (including phenoxy) is 7. The second-order valence-electron chi connectivity index (χ2n) is 17.1. The SMILES string of the molecule is CCCN(C)[C@H]1C[C@@H](C)O[C@@H](O[C@@H]2[C@@H](C)[C@H](O[C@H]3C[C@@](C)(OC)[C@@H](O)[C@H](C)O3)[C@@H](C)C(=O)O[C@H](CC)[C@@](C)(O)[C@H](O)[C@@H](C)C(=O)[C@H](C)C[C@@]2(C)OC)[C@@H]1O. The molecule has 14 heteroatoms. The Kier molecular flexibility index (Phi) is 16.5. The lowest BCUT2D eigenvalue weighted by molar-refractivity contribution is -0.319. The predicted molar refractivity (Wildman–Crippen MR) is 200 cm³/mol. The zero-order chi connectivity index (χ0) is 41.1. The number of rotatable bonds is 10. The van der Waals surface area contributed by atoms with Gasteiger partial charge in [-0.15, -0.1) is 0 Å². The molecule has 0 spiro atoms. The molecule has 54 heavy (non-hydrogen) atoms. The second-order valence-corrected chi connectivity index (χ2v) is 17.1. The van der Waals surface area contributed by atoms with Gasteiger partial charge in [0.05, 0.1) is 47.6 Å². The van der Waals surface area contributed by atoms with Gasteiger partial charge in [-0.05, 0) is 80.8 Å². The van der Waals surface area contributed by atoms with Gasteiger partial charge in [0, 0.05) is 44.4 Å². The number of carbonyl (C=O) groups excluding carboxylic acids is 2. The molecule has 14 nitrogen and oxygen atoms in total. The van der Waals surface area contributed by atoms with Crippen LogP contribution in [0.1, 0.15) is 108 Å². The maximum atomic E-state index is 14.2. The predicted octanol–water partition coefficient (Wildman–Crippen LogP) is 3.22. The molecule has 3 saturated heterocycles. The number of esters is 1. The van der Waals surface area contributed by atoms with Gasteiger partial charge in [-0.1, -0.05) is 34.6 Å². The monoisotopic (exact) mass is 776 g/mol. The van der Waals surface area contributed by atoms with E-state index in [-0.39, 0.29) is 37.2 Å². The molecule has 0 aromatic carbocycles. The number of carbonyl (C=O) groups is 2. The van der Waals surface area contributed by atoms with Crippen LogP contribution >= 0.6 is 0 Å². The summed E-state index contributed by atoms with van der Waals surface area (Å²) in [5.41, 5.74) is -4.25. The number of likely N-dealkylation sites (N-methyl/N-ethyl adjacent to an activating group) is 1. The Hall–Kier alpha value is -1.30. The Bertz CT molecular complexity index is 1220. The minimum atomic E-state index is -1.97. The van der Waals surface area contributed by atoms with Crippen LogP contribution in [0.2, 0.25) is 0 Å². The number of hydrogen-bond acceptors (Lipinski definition) is 14. The third kappa shape index (κ3) is 10.0. The largest absolute Gasteiger partial charge is 0.459 e. The molecular formula is C40H73NO13. The molecule has 316 valence electrons. The molecule has 0 aromatic rings. The van der Waals surface area contributed by atoms with Crippen molar-refractivity contribution in [2.24, 2.45) is 23.7 Å². The first-order chi connectivity index (χ1) is 25.0. The Balaban J connectivity index is 2.22. The fraction of sp³-hybridized carbons (Fsp3) is 0.950. The number of ketones is 1. The van der Waals surface area contributed by atoms with E-state index >= 15 is 0 Å². The fourth-order valence-corrected chi connectivity index (χ4v) is 9.03. The van der Waals surface area contributed by atoms with Crippen LogP contribution < -0.4 is 0 Å². The van der Waals surface area contributed by atoms with Gasteiger partial charge in [0.1, 0.15) is 29.7 Å². The van der Waals surface area contributed by atoms with Crippen molar-refractivity contribution in [1.29, 1.82) is 0 Å².